The van der Waals surface area contributed by atoms with Crippen molar-refractivity contribution in [1.82, 2.24) is 4.90 Å². The van der Waals surface area contributed by atoms with Gasteiger partial charge in [0.2, 0.25) is 0 Å². The maximum absolute atomic E-state index is 10.4. The van der Waals surface area contributed by atoms with Gasteiger partial charge in [-0.2, -0.15) is 11.3 Å². The van der Waals surface area contributed by atoms with E-state index in [1.165, 1.54) is 5.56 Å². The third-order valence-electron chi connectivity index (χ3n) is 3.76. The highest BCUT2D eigenvalue weighted by Crippen LogP contribution is 2.27. The number of thiophene rings is 1. The minimum absolute atomic E-state index is 0.100. The van der Waals surface area contributed by atoms with Crippen LogP contribution in [0.2, 0.25) is 5.02 Å². The van der Waals surface area contributed by atoms with Crippen LogP contribution in [-0.2, 0) is 4.74 Å². The number of rotatable bonds is 4. The first-order valence-corrected chi connectivity index (χ1v) is 8.34. The SMILES string of the molecule is OC(CN1CCOC(c2ccsc2)C1)c1ccccc1Cl. The van der Waals surface area contributed by atoms with Crippen LogP contribution in [0.25, 0.3) is 0 Å². The van der Waals surface area contributed by atoms with E-state index in [1.54, 1.807) is 11.3 Å². The van der Waals surface area contributed by atoms with E-state index in [0.717, 1.165) is 18.7 Å². The number of ether oxygens (including phenoxy) is 1. The molecular weight excluding hydrogens is 306 g/mol. The minimum Gasteiger partial charge on any atom is -0.387 e. The van der Waals surface area contributed by atoms with Crippen LogP contribution in [0.1, 0.15) is 23.3 Å². The molecule has 0 amide bonds. The number of hydrogen-bond acceptors (Lipinski definition) is 4. The van der Waals surface area contributed by atoms with Gasteiger partial charge in [0.15, 0.2) is 0 Å². The summed E-state index contributed by atoms with van der Waals surface area (Å²) in [5, 5.41) is 15.2. The number of nitrogens with zero attached hydrogens (tertiary/aromatic N) is 1. The van der Waals surface area contributed by atoms with Gasteiger partial charge in [0.05, 0.1) is 18.8 Å². The molecule has 3 rings (SSSR count). The number of halogens is 1. The molecule has 2 unspecified atom stereocenters. The lowest BCUT2D eigenvalue weighted by molar-refractivity contribution is -0.0422. The first kappa shape index (κ1) is 15.0. The van der Waals surface area contributed by atoms with Crippen LogP contribution in [0.15, 0.2) is 41.1 Å². The first-order valence-electron chi connectivity index (χ1n) is 7.02. The van der Waals surface area contributed by atoms with Gasteiger partial charge in [0, 0.05) is 30.2 Å². The molecule has 0 radical (unpaired) electrons. The van der Waals surface area contributed by atoms with Gasteiger partial charge in [0.25, 0.3) is 0 Å². The number of hydrogen-bond donors (Lipinski definition) is 1. The molecule has 3 nitrogen and oxygen atoms in total. The minimum atomic E-state index is -0.570. The Balaban J connectivity index is 1.63. The van der Waals surface area contributed by atoms with E-state index in [2.05, 4.69) is 21.7 Å². The molecule has 21 heavy (non-hydrogen) atoms. The van der Waals surface area contributed by atoms with Crippen molar-refractivity contribution in [2.24, 2.45) is 0 Å². The molecule has 112 valence electrons. The van der Waals surface area contributed by atoms with Crippen molar-refractivity contribution >= 4 is 22.9 Å². The highest BCUT2D eigenvalue weighted by Gasteiger charge is 2.24. The van der Waals surface area contributed by atoms with E-state index >= 15 is 0 Å². The summed E-state index contributed by atoms with van der Waals surface area (Å²) in [6.07, 6.45) is -0.469. The zero-order valence-electron chi connectivity index (χ0n) is 11.6. The molecule has 1 aromatic carbocycles. The van der Waals surface area contributed by atoms with Crippen LogP contribution >= 0.6 is 22.9 Å². The van der Waals surface area contributed by atoms with Crippen molar-refractivity contribution in [2.45, 2.75) is 12.2 Å². The van der Waals surface area contributed by atoms with Crippen LogP contribution in [0.5, 0.6) is 0 Å². The second kappa shape index (κ2) is 6.90. The van der Waals surface area contributed by atoms with Crippen molar-refractivity contribution in [3.05, 3.63) is 57.2 Å². The number of morpholine rings is 1. The number of aliphatic hydroxyl groups excluding tert-OH is 1. The van der Waals surface area contributed by atoms with Gasteiger partial charge in [0.1, 0.15) is 0 Å². The van der Waals surface area contributed by atoms with Crippen LogP contribution in [0, 0.1) is 0 Å². The monoisotopic (exact) mass is 323 g/mol. The second-order valence-electron chi connectivity index (χ2n) is 5.21. The molecule has 0 spiro atoms. The summed E-state index contributed by atoms with van der Waals surface area (Å²) in [4.78, 5) is 2.24. The summed E-state index contributed by atoms with van der Waals surface area (Å²) in [6, 6.07) is 9.57. The van der Waals surface area contributed by atoms with Gasteiger partial charge >= 0.3 is 0 Å². The van der Waals surface area contributed by atoms with Crippen molar-refractivity contribution in [3.8, 4) is 0 Å². The molecule has 0 bridgehead atoms. The second-order valence-corrected chi connectivity index (χ2v) is 6.40. The van der Waals surface area contributed by atoms with Crippen molar-refractivity contribution in [3.63, 3.8) is 0 Å². The summed E-state index contributed by atoms with van der Waals surface area (Å²) >= 11 is 7.83. The van der Waals surface area contributed by atoms with Crippen molar-refractivity contribution < 1.29 is 9.84 Å². The van der Waals surface area contributed by atoms with Gasteiger partial charge in [-0.3, -0.25) is 4.90 Å². The quantitative estimate of drug-likeness (QED) is 0.934. The standard InChI is InChI=1S/C16H18ClNO2S/c17-14-4-2-1-3-13(14)15(19)9-18-6-7-20-16(10-18)12-5-8-21-11-12/h1-5,8,11,15-16,19H,6-7,9-10H2. The Labute approximate surface area is 133 Å². The van der Waals surface area contributed by atoms with Gasteiger partial charge in [-0.25, -0.2) is 0 Å². The largest absolute Gasteiger partial charge is 0.387 e. The lowest BCUT2D eigenvalue weighted by Gasteiger charge is -2.34. The number of β-amino-alcohol motifs (C(OH)–C–C–N with tert-alkyl or cyclic N) is 1. The van der Waals surface area contributed by atoms with Crippen LogP contribution in [0.3, 0.4) is 0 Å². The zero-order chi connectivity index (χ0) is 14.7. The first-order chi connectivity index (χ1) is 10.2. The Hall–Kier alpha value is -0.910. The Morgan fingerprint density at radius 2 is 2.24 bits per heavy atom. The van der Waals surface area contributed by atoms with Gasteiger partial charge in [-0.15, -0.1) is 0 Å². The predicted molar refractivity (Wildman–Crippen MR) is 85.9 cm³/mol. The lowest BCUT2D eigenvalue weighted by Crippen LogP contribution is -2.40. The molecule has 2 heterocycles. The molecule has 1 aliphatic rings. The Kier molecular flexibility index (Phi) is 4.93. The van der Waals surface area contributed by atoms with Crippen molar-refractivity contribution in [1.29, 1.82) is 0 Å². The summed E-state index contributed by atoms with van der Waals surface area (Å²) in [7, 11) is 0. The van der Waals surface area contributed by atoms with Gasteiger partial charge < -0.3 is 9.84 Å². The number of aliphatic hydroxyl groups is 1. The van der Waals surface area contributed by atoms with Crippen molar-refractivity contribution in [2.75, 3.05) is 26.2 Å². The average Bonchev–Trinajstić information content (AvgIpc) is 3.02. The Bertz CT molecular complexity index is 575. The molecule has 1 fully saturated rings. The lowest BCUT2D eigenvalue weighted by atomic mass is 10.1. The average molecular weight is 324 g/mol. The molecule has 2 aromatic rings. The van der Waals surface area contributed by atoms with E-state index in [9.17, 15) is 5.11 Å². The Morgan fingerprint density at radius 3 is 3.00 bits per heavy atom. The molecule has 1 aliphatic heterocycles. The molecule has 1 aromatic heterocycles. The maximum Gasteiger partial charge on any atom is 0.0960 e. The highest BCUT2D eigenvalue weighted by atomic mass is 35.5. The van der Waals surface area contributed by atoms with E-state index in [4.69, 9.17) is 16.3 Å². The van der Waals surface area contributed by atoms with Crippen LogP contribution < -0.4 is 0 Å². The maximum atomic E-state index is 10.4. The van der Waals surface area contributed by atoms with E-state index < -0.39 is 6.10 Å². The summed E-state index contributed by atoms with van der Waals surface area (Å²) in [5.41, 5.74) is 2.01. The highest BCUT2D eigenvalue weighted by molar-refractivity contribution is 7.07. The van der Waals surface area contributed by atoms with Crippen LogP contribution in [0.4, 0.5) is 0 Å². The summed E-state index contributed by atoms with van der Waals surface area (Å²) in [6.45, 7) is 2.91. The topological polar surface area (TPSA) is 32.7 Å². The fraction of sp³-hybridized carbons (Fsp3) is 0.375. The third-order valence-corrected chi connectivity index (χ3v) is 4.81. The molecule has 5 heteroatoms. The molecule has 0 aliphatic carbocycles. The van der Waals surface area contributed by atoms with E-state index in [1.807, 2.05) is 24.3 Å². The molecular formula is C16H18ClNO2S. The summed E-state index contributed by atoms with van der Waals surface area (Å²) in [5.74, 6) is 0. The van der Waals surface area contributed by atoms with Gasteiger partial charge in [-0.1, -0.05) is 29.8 Å². The molecule has 2 atom stereocenters. The van der Waals surface area contributed by atoms with Gasteiger partial charge in [-0.05, 0) is 28.5 Å². The fourth-order valence-electron chi connectivity index (χ4n) is 2.62. The van der Waals surface area contributed by atoms with E-state index in [-0.39, 0.29) is 6.10 Å². The Morgan fingerprint density at radius 1 is 1.38 bits per heavy atom. The van der Waals surface area contributed by atoms with Crippen LogP contribution in [-0.4, -0.2) is 36.2 Å². The molecule has 1 N–H and O–H groups in total. The normalized spacial score (nSPS) is 21.3. The number of benzene rings is 1. The molecule has 1 saturated heterocycles. The smallest absolute Gasteiger partial charge is 0.0960 e. The third kappa shape index (κ3) is 3.65. The predicted octanol–water partition coefficient (Wildman–Crippen LogP) is 3.51. The summed E-state index contributed by atoms with van der Waals surface area (Å²) < 4.78 is 5.82. The zero-order valence-corrected chi connectivity index (χ0v) is 13.2. The molecule has 0 saturated carbocycles. The fourth-order valence-corrected chi connectivity index (χ4v) is 3.58. The van der Waals surface area contributed by atoms with E-state index in [0.29, 0.717) is 18.2 Å².